The molecule has 0 saturated heterocycles. The molecule has 0 amide bonds. The molecule has 0 aromatic heterocycles. The molecular weight excluding hydrogens is 290 g/mol. The topological polar surface area (TPSA) is 60.2 Å². The maximum atomic E-state index is 12.9. The molecule has 4 heteroatoms. The van der Waals surface area contributed by atoms with Gasteiger partial charge in [-0.2, -0.15) is 0 Å². The van der Waals surface area contributed by atoms with E-state index >= 15 is 0 Å². The number of rotatable bonds is 2. The third-order valence-electron chi connectivity index (χ3n) is 5.36. The van der Waals surface area contributed by atoms with E-state index in [0.717, 1.165) is 11.1 Å². The van der Waals surface area contributed by atoms with E-state index in [-0.39, 0.29) is 28.5 Å². The number of nitro groups is 1. The molecule has 1 fully saturated rings. The number of hydrogen-bond acceptors (Lipinski definition) is 3. The van der Waals surface area contributed by atoms with E-state index in [1.165, 1.54) is 5.56 Å². The Hall–Kier alpha value is -2.49. The second-order valence-corrected chi connectivity index (χ2v) is 6.49. The number of benzene rings is 2. The van der Waals surface area contributed by atoms with E-state index < -0.39 is 6.04 Å². The lowest BCUT2D eigenvalue weighted by Crippen LogP contribution is -2.47. The van der Waals surface area contributed by atoms with Crippen LogP contribution in [0.5, 0.6) is 0 Å². The monoisotopic (exact) mass is 307 g/mol. The van der Waals surface area contributed by atoms with Crippen LogP contribution in [0.4, 0.5) is 0 Å². The van der Waals surface area contributed by atoms with Crippen molar-refractivity contribution in [3.8, 4) is 0 Å². The van der Waals surface area contributed by atoms with Crippen molar-refractivity contribution in [2.75, 3.05) is 0 Å². The van der Waals surface area contributed by atoms with Crippen LogP contribution >= 0.6 is 0 Å². The summed E-state index contributed by atoms with van der Waals surface area (Å²) in [5, 5.41) is 11.7. The lowest BCUT2D eigenvalue weighted by molar-refractivity contribution is -0.530. The molecule has 0 N–H and O–H groups in total. The standard InChI is InChI=1S/C19H17NO3/c21-19-15-11-17(20(22)23)18(12-6-2-1-3-7-12)16(19)10-13-8-4-5-9-14(13)15/h1-9,15-18H,10-11H2. The predicted molar refractivity (Wildman–Crippen MR) is 86.0 cm³/mol. The van der Waals surface area contributed by atoms with Gasteiger partial charge in [0.15, 0.2) is 0 Å². The highest BCUT2D eigenvalue weighted by molar-refractivity contribution is 5.92. The first-order chi connectivity index (χ1) is 11.2. The molecule has 4 atom stereocenters. The first kappa shape index (κ1) is 14.1. The Kier molecular flexibility index (Phi) is 3.26. The minimum absolute atomic E-state index is 0.177. The Morgan fingerprint density at radius 1 is 1.00 bits per heavy atom. The summed E-state index contributed by atoms with van der Waals surface area (Å²) < 4.78 is 0. The first-order valence-electron chi connectivity index (χ1n) is 7.97. The number of hydrogen-bond donors (Lipinski definition) is 0. The van der Waals surface area contributed by atoms with Crippen LogP contribution in [0.25, 0.3) is 0 Å². The lowest BCUT2D eigenvalue weighted by atomic mass is 9.60. The SMILES string of the molecule is O=C1C2CC([N+](=O)[O-])C(c3ccccc3)C1Cc1ccccc12. The third-order valence-corrected chi connectivity index (χ3v) is 5.36. The van der Waals surface area contributed by atoms with Crippen LogP contribution in [0.1, 0.15) is 34.9 Å². The van der Waals surface area contributed by atoms with Gasteiger partial charge in [-0.3, -0.25) is 14.9 Å². The molecule has 0 radical (unpaired) electrons. The van der Waals surface area contributed by atoms with Gasteiger partial charge in [0.25, 0.3) is 0 Å². The van der Waals surface area contributed by atoms with Gasteiger partial charge in [0.2, 0.25) is 6.04 Å². The van der Waals surface area contributed by atoms with E-state index in [9.17, 15) is 14.9 Å². The molecule has 2 aromatic carbocycles. The largest absolute Gasteiger partial charge is 0.299 e. The van der Waals surface area contributed by atoms with Gasteiger partial charge < -0.3 is 0 Å². The highest BCUT2D eigenvalue weighted by atomic mass is 16.6. The maximum absolute atomic E-state index is 12.9. The average Bonchev–Trinajstić information content (AvgIpc) is 2.56. The molecule has 4 unspecified atom stereocenters. The summed E-state index contributed by atoms with van der Waals surface area (Å²) in [6.45, 7) is 0. The van der Waals surface area contributed by atoms with Gasteiger partial charge >= 0.3 is 0 Å². The quantitative estimate of drug-likeness (QED) is 0.631. The van der Waals surface area contributed by atoms with Crippen molar-refractivity contribution in [3.63, 3.8) is 0 Å². The molecule has 0 spiro atoms. The molecule has 116 valence electrons. The van der Waals surface area contributed by atoms with Gasteiger partial charge in [0.05, 0.1) is 5.92 Å². The molecule has 0 heterocycles. The summed E-state index contributed by atoms with van der Waals surface area (Å²) >= 11 is 0. The lowest BCUT2D eigenvalue weighted by Gasteiger charge is -2.41. The van der Waals surface area contributed by atoms with E-state index in [2.05, 4.69) is 6.07 Å². The molecular formula is C19H17NO3. The minimum atomic E-state index is -0.696. The fourth-order valence-corrected chi connectivity index (χ4v) is 4.36. The summed E-state index contributed by atoms with van der Waals surface area (Å²) in [5.74, 6) is -0.763. The number of carbonyl (C=O) groups excluding carboxylic acids is 1. The fraction of sp³-hybridized carbons (Fsp3) is 0.316. The minimum Gasteiger partial charge on any atom is -0.299 e. The fourth-order valence-electron chi connectivity index (χ4n) is 4.36. The van der Waals surface area contributed by atoms with Crippen molar-refractivity contribution in [3.05, 3.63) is 81.4 Å². The highest BCUT2D eigenvalue weighted by Crippen LogP contribution is 2.48. The number of ketones is 1. The Bertz CT molecular complexity index is 771. The van der Waals surface area contributed by atoms with Crippen molar-refractivity contribution < 1.29 is 9.72 Å². The van der Waals surface area contributed by atoms with Crippen molar-refractivity contribution in [1.29, 1.82) is 0 Å². The van der Waals surface area contributed by atoms with Crippen LogP contribution in [-0.4, -0.2) is 16.7 Å². The molecule has 0 aliphatic heterocycles. The molecule has 23 heavy (non-hydrogen) atoms. The Balaban J connectivity index is 1.84. The number of fused-ring (bicyclic) bond motifs is 4. The van der Waals surface area contributed by atoms with Crippen LogP contribution in [0.15, 0.2) is 54.6 Å². The zero-order valence-electron chi connectivity index (χ0n) is 12.6. The van der Waals surface area contributed by atoms with Gasteiger partial charge in [-0.05, 0) is 23.1 Å². The third kappa shape index (κ3) is 2.17. The van der Waals surface area contributed by atoms with Gasteiger partial charge in [-0.25, -0.2) is 0 Å². The summed E-state index contributed by atoms with van der Waals surface area (Å²) in [6.07, 6.45) is 0.911. The Morgan fingerprint density at radius 2 is 1.70 bits per heavy atom. The molecule has 2 bridgehead atoms. The van der Waals surface area contributed by atoms with Gasteiger partial charge in [-0.1, -0.05) is 54.6 Å². The van der Waals surface area contributed by atoms with E-state index in [4.69, 9.17) is 0 Å². The molecule has 2 aliphatic carbocycles. The molecule has 2 aromatic rings. The molecule has 1 saturated carbocycles. The number of Topliss-reactive ketones (excluding diaryl/α,β-unsaturated/α-hetero) is 1. The van der Waals surface area contributed by atoms with Crippen LogP contribution < -0.4 is 0 Å². The zero-order chi connectivity index (χ0) is 16.0. The summed E-state index contributed by atoms with van der Waals surface area (Å²) in [4.78, 5) is 24.4. The van der Waals surface area contributed by atoms with Crippen LogP contribution in [0.2, 0.25) is 0 Å². The smallest absolute Gasteiger partial charge is 0.221 e. The van der Waals surface area contributed by atoms with Crippen LogP contribution in [-0.2, 0) is 11.2 Å². The van der Waals surface area contributed by atoms with Gasteiger partial charge in [0.1, 0.15) is 5.78 Å². The van der Waals surface area contributed by atoms with Crippen LogP contribution in [0, 0.1) is 16.0 Å². The van der Waals surface area contributed by atoms with Crippen molar-refractivity contribution in [1.82, 2.24) is 0 Å². The second kappa shape index (κ2) is 5.30. The maximum Gasteiger partial charge on any atom is 0.221 e. The zero-order valence-corrected chi connectivity index (χ0v) is 12.6. The number of nitrogens with zero attached hydrogens (tertiary/aromatic N) is 1. The molecule has 2 aliphatic rings. The Labute approximate surface area is 134 Å². The van der Waals surface area contributed by atoms with Crippen molar-refractivity contribution in [2.24, 2.45) is 5.92 Å². The molecule has 4 rings (SSSR count). The van der Waals surface area contributed by atoms with Crippen molar-refractivity contribution >= 4 is 5.78 Å². The average molecular weight is 307 g/mol. The van der Waals surface area contributed by atoms with Crippen molar-refractivity contribution in [2.45, 2.75) is 30.7 Å². The predicted octanol–water partition coefficient (Wildman–Crippen LogP) is 3.34. The van der Waals surface area contributed by atoms with Gasteiger partial charge in [-0.15, -0.1) is 0 Å². The summed E-state index contributed by atoms with van der Waals surface area (Å²) in [6, 6.07) is 16.7. The van der Waals surface area contributed by atoms with Gasteiger partial charge in [0, 0.05) is 23.2 Å². The first-order valence-corrected chi connectivity index (χ1v) is 7.97. The van der Waals surface area contributed by atoms with E-state index in [1.807, 2.05) is 48.5 Å². The molecule has 4 nitrogen and oxygen atoms in total. The highest BCUT2D eigenvalue weighted by Gasteiger charge is 2.52. The normalized spacial score (nSPS) is 29.0. The van der Waals surface area contributed by atoms with E-state index in [0.29, 0.717) is 12.8 Å². The Morgan fingerprint density at radius 3 is 2.43 bits per heavy atom. The summed E-state index contributed by atoms with van der Waals surface area (Å²) in [7, 11) is 0. The summed E-state index contributed by atoms with van der Waals surface area (Å²) in [5.41, 5.74) is 3.07. The number of carbonyl (C=O) groups is 1. The second-order valence-electron chi connectivity index (χ2n) is 6.49. The van der Waals surface area contributed by atoms with Crippen LogP contribution in [0.3, 0.4) is 0 Å². The van der Waals surface area contributed by atoms with E-state index in [1.54, 1.807) is 0 Å².